The standard InChI is InChI=1S/C16H16BrNO2S/c17-13-7-2-4-9-15(13)20-11-5-10-19-14-8-3-1-6-12(14)16(18)21/h1-4,6-9H,5,10-11H2,(H2,18,21). The van der Waals surface area contributed by atoms with Gasteiger partial charge in [0.25, 0.3) is 0 Å². The molecule has 0 unspecified atom stereocenters. The van der Waals surface area contributed by atoms with Crippen LogP contribution in [0.1, 0.15) is 12.0 Å². The van der Waals surface area contributed by atoms with Gasteiger partial charge in [0.2, 0.25) is 0 Å². The van der Waals surface area contributed by atoms with E-state index in [9.17, 15) is 0 Å². The quantitative estimate of drug-likeness (QED) is 0.596. The normalized spacial score (nSPS) is 10.1. The van der Waals surface area contributed by atoms with Crippen LogP contribution in [-0.2, 0) is 0 Å². The molecule has 110 valence electrons. The van der Waals surface area contributed by atoms with Gasteiger partial charge in [-0.15, -0.1) is 0 Å². The molecule has 0 aliphatic heterocycles. The fraction of sp³-hybridized carbons (Fsp3) is 0.188. The van der Waals surface area contributed by atoms with Crippen LogP contribution in [0.25, 0.3) is 0 Å². The third-order valence-electron chi connectivity index (χ3n) is 2.79. The van der Waals surface area contributed by atoms with Gasteiger partial charge in [-0.2, -0.15) is 0 Å². The van der Waals surface area contributed by atoms with Crippen LogP contribution in [0.5, 0.6) is 11.5 Å². The van der Waals surface area contributed by atoms with Crippen LogP contribution in [0.15, 0.2) is 53.0 Å². The van der Waals surface area contributed by atoms with Crippen LogP contribution in [0.2, 0.25) is 0 Å². The molecular formula is C16H16BrNO2S. The molecule has 5 heteroatoms. The fourth-order valence-electron chi connectivity index (χ4n) is 1.78. The summed E-state index contributed by atoms with van der Waals surface area (Å²) >= 11 is 8.44. The van der Waals surface area contributed by atoms with Gasteiger partial charge in [-0.3, -0.25) is 0 Å². The van der Waals surface area contributed by atoms with E-state index >= 15 is 0 Å². The lowest BCUT2D eigenvalue weighted by molar-refractivity contribution is 0.246. The van der Waals surface area contributed by atoms with E-state index in [1.807, 2.05) is 48.5 Å². The van der Waals surface area contributed by atoms with Gasteiger partial charge in [-0.05, 0) is 40.2 Å². The molecule has 2 N–H and O–H groups in total. The first-order valence-corrected chi connectivity index (χ1v) is 7.77. The Kier molecular flexibility index (Phi) is 6.02. The van der Waals surface area contributed by atoms with E-state index in [0.717, 1.165) is 22.2 Å². The van der Waals surface area contributed by atoms with E-state index in [1.165, 1.54) is 0 Å². The number of hydrogen-bond donors (Lipinski definition) is 1. The molecule has 0 aliphatic carbocycles. The summed E-state index contributed by atoms with van der Waals surface area (Å²) in [4.78, 5) is 0.343. The van der Waals surface area contributed by atoms with Crippen molar-refractivity contribution >= 4 is 33.1 Å². The predicted molar refractivity (Wildman–Crippen MR) is 92.1 cm³/mol. The minimum Gasteiger partial charge on any atom is -0.493 e. The molecule has 0 amide bonds. The van der Waals surface area contributed by atoms with E-state index in [2.05, 4.69) is 15.9 Å². The lowest BCUT2D eigenvalue weighted by Crippen LogP contribution is -2.12. The second kappa shape index (κ2) is 8.00. The smallest absolute Gasteiger partial charge is 0.133 e. The minimum absolute atomic E-state index is 0.343. The molecule has 3 nitrogen and oxygen atoms in total. The van der Waals surface area contributed by atoms with Gasteiger partial charge in [0.1, 0.15) is 16.5 Å². The van der Waals surface area contributed by atoms with Gasteiger partial charge >= 0.3 is 0 Å². The van der Waals surface area contributed by atoms with Crippen molar-refractivity contribution in [3.63, 3.8) is 0 Å². The first kappa shape index (κ1) is 15.8. The van der Waals surface area contributed by atoms with Gasteiger partial charge in [0.15, 0.2) is 0 Å². The Bertz CT molecular complexity index is 619. The third-order valence-corrected chi connectivity index (χ3v) is 3.67. The van der Waals surface area contributed by atoms with Gasteiger partial charge < -0.3 is 15.2 Å². The monoisotopic (exact) mass is 365 g/mol. The molecule has 0 aliphatic rings. The van der Waals surface area contributed by atoms with Crippen molar-refractivity contribution in [2.75, 3.05) is 13.2 Å². The molecule has 0 radical (unpaired) electrons. The molecular weight excluding hydrogens is 350 g/mol. The SMILES string of the molecule is NC(=S)c1ccccc1OCCCOc1ccccc1Br. The Morgan fingerprint density at radius 1 is 0.952 bits per heavy atom. The minimum atomic E-state index is 0.343. The van der Waals surface area contributed by atoms with Crippen molar-refractivity contribution in [3.05, 3.63) is 58.6 Å². The summed E-state index contributed by atoms with van der Waals surface area (Å²) in [5, 5.41) is 0. The van der Waals surface area contributed by atoms with E-state index in [0.29, 0.717) is 24.0 Å². The Morgan fingerprint density at radius 3 is 2.19 bits per heavy atom. The van der Waals surface area contributed by atoms with Crippen molar-refractivity contribution in [2.45, 2.75) is 6.42 Å². The highest BCUT2D eigenvalue weighted by Gasteiger charge is 2.05. The van der Waals surface area contributed by atoms with Crippen LogP contribution in [0, 0.1) is 0 Å². The van der Waals surface area contributed by atoms with Gasteiger partial charge in [-0.25, -0.2) is 0 Å². The van der Waals surface area contributed by atoms with Crippen LogP contribution in [0.3, 0.4) is 0 Å². The molecule has 0 atom stereocenters. The van der Waals surface area contributed by atoms with E-state index in [-0.39, 0.29) is 0 Å². The van der Waals surface area contributed by atoms with Crippen molar-refractivity contribution in [2.24, 2.45) is 5.73 Å². The van der Waals surface area contributed by atoms with E-state index in [1.54, 1.807) is 0 Å². The number of halogens is 1. The molecule has 2 aromatic rings. The van der Waals surface area contributed by atoms with Crippen LogP contribution in [0.4, 0.5) is 0 Å². The summed E-state index contributed by atoms with van der Waals surface area (Å²) in [6.07, 6.45) is 0.771. The maximum atomic E-state index is 5.71. The Hall–Kier alpha value is -1.59. The number of nitrogens with two attached hydrogens (primary N) is 1. The second-order valence-corrected chi connectivity index (χ2v) is 5.64. The maximum Gasteiger partial charge on any atom is 0.133 e. The topological polar surface area (TPSA) is 44.5 Å². The molecule has 0 aromatic heterocycles. The molecule has 2 aromatic carbocycles. The maximum absolute atomic E-state index is 5.71. The van der Waals surface area contributed by atoms with Crippen molar-refractivity contribution in [3.8, 4) is 11.5 Å². The number of para-hydroxylation sites is 2. The molecule has 0 saturated heterocycles. The fourth-order valence-corrected chi connectivity index (χ4v) is 2.35. The van der Waals surface area contributed by atoms with Crippen molar-refractivity contribution in [1.29, 1.82) is 0 Å². The lowest BCUT2D eigenvalue weighted by Gasteiger charge is -2.11. The lowest BCUT2D eigenvalue weighted by atomic mass is 10.2. The van der Waals surface area contributed by atoms with E-state index < -0.39 is 0 Å². The molecule has 2 rings (SSSR count). The van der Waals surface area contributed by atoms with Crippen molar-refractivity contribution < 1.29 is 9.47 Å². The van der Waals surface area contributed by atoms with Crippen molar-refractivity contribution in [1.82, 2.24) is 0 Å². The Balaban J connectivity index is 1.78. The zero-order valence-electron chi connectivity index (χ0n) is 11.4. The van der Waals surface area contributed by atoms with Gasteiger partial charge in [-0.1, -0.05) is 36.5 Å². The zero-order chi connectivity index (χ0) is 15.1. The van der Waals surface area contributed by atoms with Crippen LogP contribution in [-0.4, -0.2) is 18.2 Å². The number of hydrogen-bond acceptors (Lipinski definition) is 3. The highest BCUT2D eigenvalue weighted by atomic mass is 79.9. The number of ether oxygens (including phenoxy) is 2. The summed E-state index contributed by atoms with van der Waals surface area (Å²) < 4.78 is 12.3. The summed E-state index contributed by atoms with van der Waals surface area (Å²) in [7, 11) is 0. The first-order chi connectivity index (χ1) is 10.2. The molecule has 0 saturated carbocycles. The van der Waals surface area contributed by atoms with E-state index in [4.69, 9.17) is 27.4 Å². The summed E-state index contributed by atoms with van der Waals surface area (Å²) in [6, 6.07) is 15.3. The average Bonchev–Trinajstić information content (AvgIpc) is 2.49. The summed E-state index contributed by atoms with van der Waals surface area (Å²) in [5.74, 6) is 1.55. The Labute approximate surface area is 138 Å². The molecule has 21 heavy (non-hydrogen) atoms. The van der Waals surface area contributed by atoms with Gasteiger partial charge in [0, 0.05) is 6.42 Å². The first-order valence-electron chi connectivity index (χ1n) is 6.57. The number of benzene rings is 2. The summed E-state index contributed by atoms with van der Waals surface area (Å²) in [6.45, 7) is 1.13. The average molecular weight is 366 g/mol. The van der Waals surface area contributed by atoms with Gasteiger partial charge in [0.05, 0.1) is 23.2 Å². The molecule has 0 heterocycles. The number of rotatable bonds is 7. The molecule has 0 spiro atoms. The highest BCUT2D eigenvalue weighted by Crippen LogP contribution is 2.24. The third kappa shape index (κ3) is 4.72. The highest BCUT2D eigenvalue weighted by molar-refractivity contribution is 9.10. The zero-order valence-corrected chi connectivity index (χ0v) is 13.8. The summed E-state index contributed by atoms with van der Waals surface area (Å²) in [5.41, 5.74) is 6.42. The predicted octanol–water partition coefficient (Wildman–Crippen LogP) is 3.93. The van der Waals surface area contributed by atoms with Crippen LogP contribution >= 0.6 is 28.1 Å². The van der Waals surface area contributed by atoms with Crippen LogP contribution < -0.4 is 15.2 Å². The molecule has 0 fully saturated rings. The molecule has 0 bridgehead atoms. The Morgan fingerprint density at radius 2 is 1.52 bits per heavy atom. The number of thiocarbonyl (C=S) groups is 1. The largest absolute Gasteiger partial charge is 0.493 e. The second-order valence-electron chi connectivity index (χ2n) is 4.34.